The van der Waals surface area contributed by atoms with Gasteiger partial charge in [-0.25, -0.2) is 4.79 Å². The number of hydrogen-bond donors (Lipinski definition) is 1. The highest BCUT2D eigenvalue weighted by atomic mass is 28.4. The van der Waals surface area contributed by atoms with Crippen LogP contribution < -0.4 is 0 Å². The second-order valence-electron chi connectivity index (χ2n) is 6.27. The van der Waals surface area contributed by atoms with E-state index in [0.717, 1.165) is 0 Å². The van der Waals surface area contributed by atoms with Gasteiger partial charge in [0, 0.05) is 0 Å². The number of carbonyl (C=O) groups is 1. The molecule has 19 heavy (non-hydrogen) atoms. The van der Waals surface area contributed by atoms with Crippen LogP contribution in [0.2, 0.25) is 18.1 Å². The van der Waals surface area contributed by atoms with E-state index in [1.807, 2.05) is 6.92 Å². The summed E-state index contributed by atoms with van der Waals surface area (Å²) in [5, 5.41) is 9.51. The van der Waals surface area contributed by atoms with Crippen LogP contribution in [0.5, 0.6) is 0 Å². The summed E-state index contributed by atoms with van der Waals surface area (Å²) in [6.07, 6.45) is -1.30. The molecule has 0 aliphatic rings. The molecule has 0 aromatic carbocycles. The summed E-state index contributed by atoms with van der Waals surface area (Å²) in [5.74, 6) is -0.682. The molecule has 0 bridgehead atoms. The highest BCUT2D eigenvalue weighted by Gasteiger charge is 2.38. The molecule has 0 saturated carbocycles. The standard InChI is InChI=1S/C13H28O5Si/c1-10(18-19(6,7)13(2,3)4)8-17-9-11(14)12(15)16-5/h10-11,14H,8-9H2,1-7H3/t10-,11?/m0/s1. The molecule has 0 radical (unpaired) electrons. The molecule has 0 heterocycles. The number of carbonyl (C=O) groups excluding carboxylic acids is 1. The van der Waals surface area contributed by atoms with Gasteiger partial charge in [-0.05, 0) is 25.1 Å². The van der Waals surface area contributed by atoms with Crippen molar-refractivity contribution in [2.45, 2.75) is 58.0 Å². The first-order chi connectivity index (χ1) is 8.51. The highest BCUT2D eigenvalue weighted by molar-refractivity contribution is 6.74. The van der Waals surface area contributed by atoms with Gasteiger partial charge in [-0.3, -0.25) is 0 Å². The lowest BCUT2D eigenvalue weighted by Crippen LogP contribution is -2.44. The molecule has 0 spiro atoms. The Kier molecular flexibility index (Phi) is 7.21. The van der Waals surface area contributed by atoms with E-state index in [9.17, 15) is 9.90 Å². The van der Waals surface area contributed by atoms with E-state index in [2.05, 4.69) is 38.6 Å². The quantitative estimate of drug-likeness (QED) is 0.574. The molecule has 1 unspecified atom stereocenters. The lowest BCUT2D eigenvalue weighted by molar-refractivity contribution is -0.154. The van der Waals surface area contributed by atoms with Crippen molar-refractivity contribution in [2.75, 3.05) is 20.3 Å². The van der Waals surface area contributed by atoms with E-state index < -0.39 is 20.4 Å². The van der Waals surface area contributed by atoms with Crippen LogP contribution in [0.3, 0.4) is 0 Å². The van der Waals surface area contributed by atoms with Crippen molar-refractivity contribution in [3.05, 3.63) is 0 Å². The Labute approximate surface area is 117 Å². The zero-order valence-electron chi connectivity index (χ0n) is 13.1. The van der Waals surface area contributed by atoms with Gasteiger partial charge in [0.05, 0.1) is 26.4 Å². The van der Waals surface area contributed by atoms with Gasteiger partial charge < -0.3 is 19.0 Å². The predicted octanol–water partition coefficient (Wildman–Crippen LogP) is 1.95. The number of aliphatic hydroxyl groups excluding tert-OH is 1. The second-order valence-corrected chi connectivity index (χ2v) is 11.0. The maximum absolute atomic E-state index is 11.0. The minimum absolute atomic E-state index is 0.0641. The van der Waals surface area contributed by atoms with E-state index in [1.165, 1.54) is 7.11 Å². The van der Waals surface area contributed by atoms with Crippen molar-refractivity contribution < 1.29 is 23.8 Å². The number of ether oxygens (including phenoxy) is 2. The first-order valence-electron chi connectivity index (χ1n) is 6.52. The van der Waals surface area contributed by atoms with Crippen LogP contribution in [-0.2, 0) is 18.7 Å². The molecular weight excluding hydrogens is 264 g/mol. The third-order valence-electron chi connectivity index (χ3n) is 3.40. The van der Waals surface area contributed by atoms with Crippen molar-refractivity contribution >= 4 is 14.3 Å². The Morgan fingerprint density at radius 2 is 1.79 bits per heavy atom. The third-order valence-corrected chi connectivity index (χ3v) is 8.01. The first kappa shape index (κ1) is 18.6. The van der Waals surface area contributed by atoms with Crippen molar-refractivity contribution in [2.24, 2.45) is 0 Å². The molecule has 0 aliphatic carbocycles. The zero-order chi connectivity index (χ0) is 15.3. The Balaban J connectivity index is 4.07. The fraction of sp³-hybridized carbons (Fsp3) is 0.923. The molecule has 0 aromatic heterocycles. The summed E-state index contributed by atoms with van der Waals surface area (Å²) in [5.41, 5.74) is 0. The van der Waals surface area contributed by atoms with E-state index in [0.29, 0.717) is 6.61 Å². The van der Waals surface area contributed by atoms with Gasteiger partial charge in [0.2, 0.25) is 0 Å². The minimum atomic E-state index is -1.81. The molecule has 0 fully saturated rings. The summed E-state index contributed by atoms with van der Waals surface area (Å²) in [6, 6.07) is 0. The van der Waals surface area contributed by atoms with Crippen molar-refractivity contribution in [3.8, 4) is 0 Å². The number of aliphatic hydroxyl groups is 1. The van der Waals surface area contributed by atoms with Crippen LogP contribution in [-0.4, -0.2) is 51.9 Å². The SMILES string of the molecule is COC(=O)C(O)COC[C@H](C)O[Si](C)(C)C(C)(C)C. The number of hydrogen-bond acceptors (Lipinski definition) is 5. The maximum atomic E-state index is 11.0. The lowest BCUT2D eigenvalue weighted by atomic mass is 10.2. The average molecular weight is 292 g/mol. The topological polar surface area (TPSA) is 65.0 Å². The molecule has 0 saturated heterocycles. The third kappa shape index (κ3) is 6.51. The average Bonchev–Trinajstić information content (AvgIpc) is 2.25. The molecule has 0 rings (SSSR count). The van der Waals surface area contributed by atoms with Gasteiger partial charge in [0.15, 0.2) is 14.4 Å². The summed E-state index contributed by atoms with van der Waals surface area (Å²) in [4.78, 5) is 11.0. The molecular formula is C13H28O5Si. The largest absolute Gasteiger partial charge is 0.467 e. The predicted molar refractivity (Wildman–Crippen MR) is 76.6 cm³/mol. The summed E-state index contributed by atoms with van der Waals surface area (Å²) >= 11 is 0. The summed E-state index contributed by atoms with van der Waals surface area (Å²) < 4.78 is 15.8. The van der Waals surface area contributed by atoms with Crippen LogP contribution >= 0.6 is 0 Å². The van der Waals surface area contributed by atoms with Crippen LogP contribution in [0.25, 0.3) is 0 Å². The minimum Gasteiger partial charge on any atom is -0.467 e. The zero-order valence-corrected chi connectivity index (χ0v) is 14.1. The Bertz CT molecular complexity index is 285. The fourth-order valence-corrected chi connectivity index (χ4v) is 2.69. The van der Waals surface area contributed by atoms with Gasteiger partial charge in [-0.15, -0.1) is 0 Å². The Morgan fingerprint density at radius 3 is 2.21 bits per heavy atom. The molecule has 2 atom stereocenters. The molecule has 6 heteroatoms. The van der Waals surface area contributed by atoms with Gasteiger partial charge in [0.1, 0.15) is 0 Å². The second kappa shape index (κ2) is 7.38. The van der Waals surface area contributed by atoms with Crippen LogP contribution in [0, 0.1) is 0 Å². The van der Waals surface area contributed by atoms with Crippen molar-refractivity contribution in [3.63, 3.8) is 0 Å². The monoisotopic (exact) mass is 292 g/mol. The Hall–Kier alpha value is -0.433. The number of methoxy groups -OCH3 is 1. The summed E-state index contributed by atoms with van der Waals surface area (Å²) in [7, 11) is -0.577. The van der Waals surface area contributed by atoms with Crippen molar-refractivity contribution in [1.82, 2.24) is 0 Å². The van der Waals surface area contributed by atoms with Crippen molar-refractivity contribution in [1.29, 1.82) is 0 Å². The van der Waals surface area contributed by atoms with Crippen LogP contribution in [0.15, 0.2) is 0 Å². The summed E-state index contributed by atoms with van der Waals surface area (Å²) in [6.45, 7) is 13.1. The van der Waals surface area contributed by atoms with E-state index in [4.69, 9.17) is 9.16 Å². The highest BCUT2D eigenvalue weighted by Crippen LogP contribution is 2.37. The molecule has 0 aliphatic heterocycles. The number of esters is 1. The van der Waals surface area contributed by atoms with Gasteiger partial charge >= 0.3 is 5.97 Å². The number of rotatable bonds is 7. The molecule has 1 N–H and O–H groups in total. The van der Waals surface area contributed by atoms with Crippen LogP contribution in [0.1, 0.15) is 27.7 Å². The van der Waals surface area contributed by atoms with Crippen LogP contribution in [0.4, 0.5) is 0 Å². The smallest absolute Gasteiger partial charge is 0.337 e. The fourth-order valence-electron chi connectivity index (χ4n) is 1.26. The van der Waals surface area contributed by atoms with E-state index in [-0.39, 0.29) is 17.7 Å². The first-order valence-corrected chi connectivity index (χ1v) is 9.43. The molecule has 0 aromatic rings. The van der Waals surface area contributed by atoms with Gasteiger partial charge in [0.25, 0.3) is 0 Å². The van der Waals surface area contributed by atoms with Gasteiger partial charge in [-0.1, -0.05) is 20.8 Å². The molecule has 114 valence electrons. The van der Waals surface area contributed by atoms with E-state index >= 15 is 0 Å². The van der Waals surface area contributed by atoms with Gasteiger partial charge in [-0.2, -0.15) is 0 Å². The Morgan fingerprint density at radius 1 is 1.26 bits per heavy atom. The molecule has 0 amide bonds. The normalized spacial score (nSPS) is 16.0. The maximum Gasteiger partial charge on any atom is 0.337 e. The lowest BCUT2D eigenvalue weighted by Gasteiger charge is -2.38. The molecule has 5 nitrogen and oxygen atoms in total. The van der Waals surface area contributed by atoms with E-state index in [1.54, 1.807) is 0 Å².